The summed E-state index contributed by atoms with van der Waals surface area (Å²) in [5.74, 6) is -2.08. The van der Waals surface area contributed by atoms with Crippen molar-refractivity contribution in [2.75, 3.05) is 0 Å². The van der Waals surface area contributed by atoms with E-state index in [1.54, 1.807) is 0 Å². The van der Waals surface area contributed by atoms with Crippen LogP contribution in [0.1, 0.15) is 68.2 Å². The fraction of sp³-hybridized carbons (Fsp3) is 0.875. The van der Waals surface area contributed by atoms with Crippen molar-refractivity contribution in [3.8, 4) is 0 Å². The fourth-order valence-electron chi connectivity index (χ4n) is 2.94. The summed E-state index contributed by atoms with van der Waals surface area (Å²) >= 11 is 0. The molecule has 0 heterocycles. The maximum Gasteiger partial charge on any atom is 0.310 e. The van der Waals surface area contributed by atoms with Crippen LogP contribution in [-0.2, 0) is 9.59 Å². The molecule has 0 radical (unpaired) electrons. The first kappa shape index (κ1) is 18.9. The van der Waals surface area contributed by atoms with Gasteiger partial charge in [0.05, 0.1) is 10.8 Å². The quantitative estimate of drug-likeness (QED) is 0.799. The largest absolute Gasteiger partial charge is 0.481 e. The Balaban J connectivity index is 6.09. The van der Waals surface area contributed by atoms with Crippen molar-refractivity contribution in [3.63, 3.8) is 0 Å². The van der Waals surface area contributed by atoms with Gasteiger partial charge in [-0.1, -0.05) is 41.5 Å². The van der Waals surface area contributed by atoms with Crippen LogP contribution >= 0.6 is 0 Å². The Morgan fingerprint density at radius 1 is 0.700 bits per heavy atom. The lowest BCUT2D eigenvalue weighted by atomic mass is 9.54. The zero-order valence-corrected chi connectivity index (χ0v) is 14.1. The first-order valence-electron chi connectivity index (χ1n) is 7.02. The molecule has 0 saturated carbocycles. The van der Waals surface area contributed by atoms with Crippen LogP contribution in [0.25, 0.3) is 0 Å². The highest BCUT2D eigenvalue weighted by molar-refractivity contribution is 5.86. The molecule has 0 spiro atoms. The molecule has 0 saturated heterocycles. The third-order valence-electron chi connectivity index (χ3n) is 3.80. The number of aliphatic carboxylic acids is 2. The van der Waals surface area contributed by atoms with E-state index in [0.717, 1.165) is 0 Å². The zero-order chi connectivity index (χ0) is 16.6. The van der Waals surface area contributed by atoms with Crippen molar-refractivity contribution in [2.45, 2.75) is 68.2 Å². The highest BCUT2D eigenvalue weighted by Gasteiger charge is 2.58. The van der Waals surface area contributed by atoms with Crippen LogP contribution in [0.5, 0.6) is 0 Å². The minimum atomic E-state index is -1.33. The van der Waals surface area contributed by atoms with Crippen LogP contribution in [0.2, 0.25) is 0 Å². The molecule has 0 rings (SSSR count). The van der Waals surface area contributed by atoms with Crippen LogP contribution in [-0.4, -0.2) is 22.2 Å². The molecule has 0 unspecified atom stereocenters. The van der Waals surface area contributed by atoms with Gasteiger partial charge in [-0.05, 0) is 37.5 Å². The van der Waals surface area contributed by atoms with E-state index in [1.165, 1.54) is 13.8 Å². The molecule has 2 N–H and O–H groups in total. The standard InChI is InChI=1S/C16H30O4/c1-13(2,3)9-16(12(19)20,10-14(4,5)6)15(7,8)11(17)18/h9-10H2,1-8H3,(H,17,18)(H,19,20). The number of hydrogen-bond acceptors (Lipinski definition) is 2. The van der Waals surface area contributed by atoms with Crippen LogP contribution in [0.3, 0.4) is 0 Å². The Labute approximate surface area is 122 Å². The molecule has 0 aromatic carbocycles. The molecular weight excluding hydrogens is 256 g/mol. The second-order valence-electron chi connectivity index (χ2n) is 8.79. The van der Waals surface area contributed by atoms with Gasteiger partial charge in [-0.2, -0.15) is 0 Å². The second kappa shape index (κ2) is 5.38. The van der Waals surface area contributed by atoms with Crippen molar-refractivity contribution < 1.29 is 19.8 Å². The smallest absolute Gasteiger partial charge is 0.310 e. The molecule has 0 fully saturated rings. The molecule has 0 aliphatic carbocycles. The van der Waals surface area contributed by atoms with E-state index >= 15 is 0 Å². The van der Waals surface area contributed by atoms with E-state index in [1.807, 2.05) is 41.5 Å². The number of carbonyl (C=O) groups is 2. The molecule has 4 nitrogen and oxygen atoms in total. The summed E-state index contributed by atoms with van der Waals surface area (Å²) in [4.78, 5) is 23.7. The Morgan fingerprint density at radius 2 is 1.00 bits per heavy atom. The predicted molar refractivity (Wildman–Crippen MR) is 79.6 cm³/mol. The minimum Gasteiger partial charge on any atom is -0.481 e. The third-order valence-corrected chi connectivity index (χ3v) is 3.80. The van der Waals surface area contributed by atoms with Gasteiger partial charge in [0.2, 0.25) is 0 Å². The molecule has 0 aliphatic rings. The van der Waals surface area contributed by atoms with Crippen LogP contribution in [0.15, 0.2) is 0 Å². The van der Waals surface area contributed by atoms with Gasteiger partial charge in [-0.3, -0.25) is 9.59 Å². The van der Waals surface area contributed by atoms with Crippen molar-refractivity contribution in [3.05, 3.63) is 0 Å². The van der Waals surface area contributed by atoms with Gasteiger partial charge in [0.15, 0.2) is 0 Å². The summed E-state index contributed by atoms with van der Waals surface area (Å²) < 4.78 is 0. The second-order valence-corrected chi connectivity index (χ2v) is 8.79. The molecule has 0 bridgehead atoms. The summed E-state index contributed by atoms with van der Waals surface area (Å²) in [6.07, 6.45) is 0.651. The van der Waals surface area contributed by atoms with Crippen molar-refractivity contribution in [2.24, 2.45) is 21.7 Å². The lowest BCUT2D eigenvalue weighted by Gasteiger charge is -2.47. The van der Waals surface area contributed by atoms with E-state index in [-0.39, 0.29) is 10.8 Å². The fourth-order valence-corrected chi connectivity index (χ4v) is 2.94. The van der Waals surface area contributed by atoms with E-state index in [0.29, 0.717) is 12.8 Å². The van der Waals surface area contributed by atoms with E-state index in [2.05, 4.69) is 0 Å². The molecule has 4 heteroatoms. The van der Waals surface area contributed by atoms with Gasteiger partial charge in [0, 0.05) is 0 Å². The summed E-state index contributed by atoms with van der Waals surface area (Å²) in [7, 11) is 0. The summed E-state index contributed by atoms with van der Waals surface area (Å²) in [5, 5.41) is 19.4. The average molecular weight is 286 g/mol. The molecule has 20 heavy (non-hydrogen) atoms. The SMILES string of the molecule is CC(C)(C)CC(CC(C)(C)C)(C(=O)O)C(C)(C)C(=O)O. The number of carboxylic acids is 2. The summed E-state index contributed by atoms with van der Waals surface area (Å²) in [6, 6.07) is 0. The highest BCUT2D eigenvalue weighted by Crippen LogP contribution is 2.53. The first-order chi connectivity index (χ1) is 8.55. The molecule has 118 valence electrons. The van der Waals surface area contributed by atoms with Gasteiger partial charge in [-0.15, -0.1) is 0 Å². The molecule has 0 aliphatic heterocycles. The van der Waals surface area contributed by atoms with E-state index in [9.17, 15) is 19.8 Å². The Kier molecular flexibility index (Phi) is 5.09. The monoisotopic (exact) mass is 286 g/mol. The zero-order valence-electron chi connectivity index (χ0n) is 14.1. The maximum atomic E-state index is 12.1. The van der Waals surface area contributed by atoms with Gasteiger partial charge < -0.3 is 10.2 Å². The normalized spacial score (nSPS) is 14.2. The van der Waals surface area contributed by atoms with Crippen molar-refractivity contribution >= 4 is 11.9 Å². The number of hydrogen-bond donors (Lipinski definition) is 2. The van der Waals surface area contributed by atoms with Crippen LogP contribution < -0.4 is 0 Å². The lowest BCUT2D eigenvalue weighted by molar-refractivity contribution is -0.177. The summed E-state index contributed by atoms with van der Waals surface area (Å²) in [5.41, 5.74) is -3.17. The number of carboxylic acid groups (broad SMARTS) is 2. The number of rotatable bonds is 5. The molecular formula is C16H30O4. The third kappa shape index (κ3) is 4.22. The minimum absolute atomic E-state index is 0.267. The predicted octanol–water partition coefficient (Wildman–Crippen LogP) is 4.04. The van der Waals surface area contributed by atoms with Crippen molar-refractivity contribution in [1.82, 2.24) is 0 Å². The molecule has 0 aromatic rings. The topological polar surface area (TPSA) is 74.6 Å². The van der Waals surface area contributed by atoms with Gasteiger partial charge in [0.25, 0.3) is 0 Å². The maximum absolute atomic E-state index is 12.1. The van der Waals surface area contributed by atoms with E-state index < -0.39 is 22.8 Å². The Bertz CT molecular complexity index is 364. The highest BCUT2D eigenvalue weighted by atomic mass is 16.4. The van der Waals surface area contributed by atoms with E-state index in [4.69, 9.17) is 0 Å². The van der Waals surface area contributed by atoms with Gasteiger partial charge >= 0.3 is 11.9 Å². The average Bonchev–Trinajstić information content (AvgIpc) is 2.10. The Hall–Kier alpha value is -1.06. The van der Waals surface area contributed by atoms with Gasteiger partial charge in [-0.25, -0.2) is 0 Å². The lowest BCUT2D eigenvalue weighted by Crippen LogP contribution is -2.52. The molecule has 0 amide bonds. The van der Waals surface area contributed by atoms with Crippen LogP contribution in [0.4, 0.5) is 0 Å². The van der Waals surface area contributed by atoms with Crippen molar-refractivity contribution in [1.29, 1.82) is 0 Å². The molecule has 0 atom stereocenters. The van der Waals surface area contributed by atoms with Crippen LogP contribution in [0, 0.1) is 21.7 Å². The van der Waals surface area contributed by atoms with Gasteiger partial charge in [0.1, 0.15) is 0 Å². The Morgan fingerprint density at radius 3 is 1.15 bits per heavy atom. The summed E-state index contributed by atoms with van der Waals surface area (Å²) in [6.45, 7) is 14.8. The first-order valence-corrected chi connectivity index (χ1v) is 7.02. The molecule has 0 aromatic heterocycles.